The third-order valence-electron chi connectivity index (χ3n) is 3.93. The molecule has 0 fully saturated rings. The molecule has 7 heteroatoms. The summed E-state index contributed by atoms with van der Waals surface area (Å²) < 4.78 is 9.62. The fourth-order valence-corrected chi connectivity index (χ4v) is 4.63. The van der Waals surface area contributed by atoms with Gasteiger partial charge in [0.1, 0.15) is 0 Å². The summed E-state index contributed by atoms with van der Waals surface area (Å²) in [6.07, 6.45) is 0. The number of carbonyl (C=O) groups is 1. The van der Waals surface area contributed by atoms with E-state index in [1.54, 1.807) is 0 Å². The highest BCUT2D eigenvalue weighted by Gasteiger charge is 2.13. The summed E-state index contributed by atoms with van der Waals surface area (Å²) in [7, 11) is 0. The maximum Gasteiger partial charge on any atom is 0.308 e. The Bertz CT molecular complexity index is 1110. The first-order valence-electron chi connectivity index (χ1n) is 8.37. The Morgan fingerprint density at radius 1 is 1.12 bits per heavy atom. The Balaban J connectivity index is 1.76. The molecule has 0 aliphatic rings. The lowest BCUT2D eigenvalue weighted by molar-refractivity contribution is 0.0996. The van der Waals surface area contributed by atoms with E-state index in [9.17, 15) is 4.79 Å². The first kappa shape index (κ1) is 17.1. The van der Waals surface area contributed by atoms with Crippen LogP contribution in [-0.4, -0.2) is 28.7 Å². The molecule has 4 rings (SSSR count). The van der Waals surface area contributed by atoms with Gasteiger partial charge in [0, 0.05) is 13.2 Å². The molecule has 0 unspecified atom stereocenters. The molecule has 2 aromatic heterocycles. The quantitative estimate of drug-likeness (QED) is 0.488. The average molecular weight is 383 g/mol. The van der Waals surface area contributed by atoms with Crippen LogP contribution in [0.5, 0.6) is 0 Å². The normalized spacial score (nSPS) is 12.3. The van der Waals surface area contributed by atoms with E-state index in [-0.39, 0.29) is 5.91 Å². The number of fused-ring (bicyclic) bond motifs is 2. The van der Waals surface area contributed by atoms with Crippen molar-refractivity contribution < 1.29 is 9.53 Å². The fourth-order valence-electron chi connectivity index (χ4n) is 2.72. The van der Waals surface area contributed by atoms with Gasteiger partial charge in [-0.05, 0) is 31.2 Å². The summed E-state index contributed by atoms with van der Waals surface area (Å²) in [6, 6.07) is 15.8. The smallest absolute Gasteiger partial charge is 0.308 e. The molecule has 1 amide bonds. The summed E-state index contributed by atoms with van der Waals surface area (Å²) >= 11 is 2.88. The molecule has 2 aromatic carbocycles. The van der Waals surface area contributed by atoms with Crippen molar-refractivity contribution in [2.24, 2.45) is 4.99 Å². The molecule has 2 heterocycles. The molecule has 0 N–H and O–H groups in total. The molecule has 0 spiro atoms. The molecule has 0 atom stereocenters. The second-order valence-electron chi connectivity index (χ2n) is 5.60. The van der Waals surface area contributed by atoms with Crippen molar-refractivity contribution in [3.8, 4) is 0 Å². The minimum atomic E-state index is -0.303. The van der Waals surface area contributed by atoms with E-state index in [1.807, 2.05) is 60.0 Å². The van der Waals surface area contributed by atoms with Crippen LogP contribution in [0.4, 0.5) is 0 Å². The van der Waals surface area contributed by atoms with E-state index in [2.05, 4.69) is 9.98 Å². The minimum Gasteiger partial charge on any atom is -0.380 e. The number of benzene rings is 2. The van der Waals surface area contributed by atoms with Crippen molar-refractivity contribution in [1.29, 1.82) is 0 Å². The number of thiazole rings is 2. The Morgan fingerprint density at radius 3 is 2.69 bits per heavy atom. The lowest BCUT2D eigenvalue weighted by Gasteiger charge is -2.04. The number of nitrogens with zero attached hydrogens (tertiary/aromatic N) is 3. The van der Waals surface area contributed by atoms with Crippen LogP contribution < -0.4 is 4.80 Å². The molecule has 26 heavy (non-hydrogen) atoms. The molecule has 132 valence electrons. The molecular formula is C19H17N3O2S2. The zero-order valence-corrected chi connectivity index (χ0v) is 15.8. The van der Waals surface area contributed by atoms with Gasteiger partial charge in [0.15, 0.2) is 9.81 Å². The van der Waals surface area contributed by atoms with Gasteiger partial charge in [0.2, 0.25) is 0 Å². The molecule has 0 bridgehead atoms. The predicted molar refractivity (Wildman–Crippen MR) is 106 cm³/mol. The number of carbonyl (C=O) groups excluding carboxylic acids is 1. The standard InChI is InChI=1S/C19H17N3O2S2/c1-2-24-12-11-22-14-8-4-6-10-16(14)26-19(22)21-17(23)18-20-13-7-3-5-9-15(13)25-18/h3-10H,2,11-12H2,1H3. The fraction of sp³-hybridized carbons (Fsp3) is 0.211. The molecule has 5 nitrogen and oxygen atoms in total. The van der Waals surface area contributed by atoms with Crippen LogP contribution in [0.3, 0.4) is 0 Å². The summed E-state index contributed by atoms with van der Waals surface area (Å²) in [5, 5.41) is 0.417. The van der Waals surface area contributed by atoms with Crippen molar-refractivity contribution in [2.45, 2.75) is 13.5 Å². The minimum absolute atomic E-state index is 0.303. The lowest BCUT2D eigenvalue weighted by Crippen LogP contribution is -2.19. The summed E-state index contributed by atoms with van der Waals surface area (Å²) in [5.41, 5.74) is 1.89. The van der Waals surface area contributed by atoms with E-state index in [1.165, 1.54) is 22.7 Å². The first-order chi connectivity index (χ1) is 12.8. The van der Waals surface area contributed by atoms with Gasteiger partial charge in [-0.25, -0.2) is 4.98 Å². The number of amides is 1. The van der Waals surface area contributed by atoms with Crippen molar-refractivity contribution in [2.75, 3.05) is 13.2 Å². The van der Waals surface area contributed by atoms with Crippen LogP contribution in [0.15, 0.2) is 53.5 Å². The molecule has 0 radical (unpaired) electrons. The van der Waals surface area contributed by atoms with Crippen molar-refractivity contribution in [3.05, 3.63) is 58.3 Å². The van der Waals surface area contributed by atoms with E-state index in [4.69, 9.17) is 4.74 Å². The van der Waals surface area contributed by atoms with Crippen LogP contribution in [0.25, 0.3) is 20.4 Å². The number of rotatable bonds is 5. The SMILES string of the molecule is CCOCCn1c(=NC(=O)c2nc3ccccc3s2)sc2ccccc21. The molecule has 0 saturated heterocycles. The Kier molecular flexibility index (Phi) is 4.92. The van der Waals surface area contributed by atoms with E-state index in [0.717, 1.165) is 20.4 Å². The van der Waals surface area contributed by atoms with Gasteiger partial charge in [-0.15, -0.1) is 11.3 Å². The van der Waals surface area contributed by atoms with Gasteiger partial charge < -0.3 is 9.30 Å². The second kappa shape index (κ2) is 7.49. The zero-order chi connectivity index (χ0) is 17.9. The highest BCUT2D eigenvalue weighted by molar-refractivity contribution is 7.20. The summed E-state index contributed by atoms with van der Waals surface area (Å²) in [6.45, 7) is 3.88. The third kappa shape index (κ3) is 3.33. The number of aromatic nitrogens is 2. The van der Waals surface area contributed by atoms with Gasteiger partial charge in [-0.2, -0.15) is 4.99 Å². The van der Waals surface area contributed by atoms with E-state index >= 15 is 0 Å². The summed E-state index contributed by atoms with van der Waals surface area (Å²) in [4.78, 5) is 22.2. The highest BCUT2D eigenvalue weighted by Crippen LogP contribution is 2.22. The maximum absolute atomic E-state index is 12.7. The van der Waals surface area contributed by atoms with Crippen molar-refractivity contribution in [3.63, 3.8) is 0 Å². The van der Waals surface area contributed by atoms with E-state index < -0.39 is 0 Å². The van der Waals surface area contributed by atoms with Gasteiger partial charge in [0.05, 0.1) is 27.0 Å². The third-order valence-corrected chi connectivity index (χ3v) is 6.01. The Hall–Kier alpha value is -2.35. The zero-order valence-electron chi connectivity index (χ0n) is 14.2. The van der Waals surface area contributed by atoms with Crippen molar-refractivity contribution in [1.82, 2.24) is 9.55 Å². The molecule has 0 aliphatic heterocycles. The molecule has 0 aliphatic carbocycles. The topological polar surface area (TPSA) is 56.5 Å². The average Bonchev–Trinajstić information content (AvgIpc) is 3.24. The molecule has 0 saturated carbocycles. The monoisotopic (exact) mass is 383 g/mol. The van der Waals surface area contributed by atoms with Crippen LogP contribution >= 0.6 is 22.7 Å². The van der Waals surface area contributed by atoms with Crippen molar-refractivity contribution >= 4 is 49.0 Å². The number of para-hydroxylation sites is 2. The lowest BCUT2D eigenvalue weighted by atomic mass is 10.3. The van der Waals surface area contributed by atoms with Gasteiger partial charge in [-0.1, -0.05) is 35.6 Å². The number of ether oxygens (including phenoxy) is 1. The predicted octanol–water partition coefficient (Wildman–Crippen LogP) is 4.09. The number of hydrogen-bond acceptors (Lipinski definition) is 5. The Morgan fingerprint density at radius 2 is 1.88 bits per heavy atom. The van der Waals surface area contributed by atoms with Crippen LogP contribution in [0, 0.1) is 0 Å². The molecular weight excluding hydrogens is 366 g/mol. The van der Waals surface area contributed by atoms with Gasteiger partial charge in [-0.3, -0.25) is 4.79 Å². The van der Waals surface area contributed by atoms with Gasteiger partial charge in [0.25, 0.3) is 0 Å². The first-order valence-corrected chi connectivity index (χ1v) is 10.0. The van der Waals surface area contributed by atoms with Crippen LogP contribution in [-0.2, 0) is 11.3 Å². The van der Waals surface area contributed by atoms with Crippen LogP contribution in [0.1, 0.15) is 16.7 Å². The van der Waals surface area contributed by atoms with E-state index in [0.29, 0.717) is 29.6 Å². The highest BCUT2D eigenvalue weighted by atomic mass is 32.1. The largest absolute Gasteiger partial charge is 0.380 e. The summed E-state index contributed by atoms with van der Waals surface area (Å²) in [5.74, 6) is -0.303. The second-order valence-corrected chi connectivity index (χ2v) is 7.64. The maximum atomic E-state index is 12.7. The van der Waals surface area contributed by atoms with Crippen LogP contribution in [0.2, 0.25) is 0 Å². The Labute approximate surface area is 158 Å². The molecule has 4 aromatic rings. The number of hydrogen-bond donors (Lipinski definition) is 0. The van der Waals surface area contributed by atoms with Gasteiger partial charge >= 0.3 is 5.91 Å².